The summed E-state index contributed by atoms with van der Waals surface area (Å²) >= 11 is 0. The van der Waals surface area contributed by atoms with Gasteiger partial charge in [0, 0.05) is 24.5 Å². The van der Waals surface area contributed by atoms with Crippen molar-refractivity contribution in [2.75, 3.05) is 39.3 Å². The first kappa shape index (κ1) is 15.9. The van der Waals surface area contributed by atoms with Crippen LogP contribution in [0.25, 0.3) is 10.8 Å². The zero-order valence-electron chi connectivity index (χ0n) is 14.5. The van der Waals surface area contributed by atoms with Crippen LogP contribution in [0.3, 0.4) is 0 Å². The normalized spacial score (nSPS) is 22.9. The first-order valence-corrected chi connectivity index (χ1v) is 9.47. The summed E-state index contributed by atoms with van der Waals surface area (Å²) < 4.78 is 6.13. The molecule has 0 unspecified atom stereocenters. The molecule has 0 aromatic heterocycles. The summed E-state index contributed by atoms with van der Waals surface area (Å²) in [6.45, 7) is 6.88. The number of hydrogen-bond acceptors (Lipinski definition) is 3. The second kappa shape index (κ2) is 7.54. The largest absolute Gasteiger partial charge is 0.492 e. The highest BCUT2D eigenvalue weighted by Crippen LogP contribution is 2.25. The molecule has 3 heteroatoms. The molecule has 2 saturated heterocycles. The molecule has 2 heterocycles. The van der Waals surface area contributed by atoms with Gasteiger partial charge in [-0.25, -0.2) is 0 Å². The topological polar surface area (TPSA) is 15.7 Å². The summed E-state index contributed by atoms with van der Waals surface area (Å²) in [4.78, 5) is 5.30. The lowest BCUT2D eigenvalue weighted by Crippen LogP contribution is -2.47. The summed E-state index contributed by atoms with van der Waals surface area (Å²) in [5.74, 6) is 1.02. The maximum absolute atomic E-state index is 6.13. The third-order valence-corrected chi connectivity index (χ3v) is 5.55. The van der Waals surface area contributed by atoms with Gasteiger partial charge in [0.15, 0.2) is 0 Å². The highest BCUT2D eigenvalue weighted by molar-refractivity contribution is 5.88. The minimum atomic E-state index is 0.777. The van der Waals surface area contributed by atoms with Crippen LogP contribution in [0, 0.1) is 0 Å². The molecule has 0 amide bonds. The molecule has 3 nitrogen and oxygen atoms in total. The van der Waals surface area contributed by atoms with Crippen molar-refractivity contribution in [1.82, 2.24) is 9.80 Å². The van der Waals surface area contributed by atoms with E-state index < -0.39 is 0 Å². The van der Waals surface area contributed by atoms with E-state index in [1.54, 1.807) is 0 Å². The number of benzene rings is 2. The molecular weight excluding hydrogens is 296 g/mol. The average molecular weight is 324 g/mol. The summed E-state index contributed by atoms with van der Waals surface area (Å²) in [6, 6.07) is 15.6. The highest BCUT2D eigenvalue weighted by atomic mass is 16.5. The van der Waals surface area contributed by atoms with Crippen molar-refractivity contribution in [2.45, 2.75) is 31.7 Å². The van der Waals surface area contributed by atoms with Crippen LogP contribution in [0.1, 0.15) is 25.7 Å². The molecular formula is C21H28N2O. The van der Waals surface area contributed by atoms with Crippen LogP contribution in [0.2, 0.25) is 0 Å². The fourth-order valence-electron chi connectivity index (χ4n) is 4.25. The SMILES string of the molecule is c1ccc2c(OCCN3CCC[C@H](N4CCCC4)C3)cccc2c1. The van der Waals surface area contributed by atoms with Crippen molar-refractivity contribution in [3.05, 3.63) is 42.5 Å². The molecule has 0 saturated carbocycles. The molecule has 4 rings (SSSR count). The zero-order chi connectivity index (χ0) is 16.2. The van der Waals surface area contributed by atoms with Gasteiger partial charge in [0.05, 0.1) is 0 Å². The summed E-state index contributed by atoms with van der Waals surface area (Å²) in [6.07, 6.45) is 5.48. The minimum Gasteiger partial charge on any atom is -0.492 e. The van der Waals surface area contributed by atoms with Gasteiger partial charge in [-0.2, -0.15) is 0 Å². The second-order valence-electron chi connectivity index (χ2n) is 7.17. The lowest BCUT2D eigenvalue weighted by Gasteiger charge is -2.37. The molecule has 24 heavy (non-hydrogen) atoms. The highest BCUT2D eigenvalue weighted by Gasteiger charge is 2.26. The molecule has 2 aromatic rings. The van der Waals surface area contributed by atoms with Gasteiger partial charge in [0.2, 0.25) is 0 Å². The van der Waals surface area contributed by atoms with Crippen LogP contribution in [0.15, 0.2) is 42.5 Å². The van der Waals surface area contributed by atoms with E-state index in [1.807, 2.05) is 0 Å². The van der Waals surface area contributed by atoms with Gasteiger partial charge in [0.25, 0.3) is 0 Å². The Morgan fingerprint density at radius 1 is 0.917 bits per heavy atom. The van der Waals surface area contributed by atoms with E-state index in [2.05, 4.69) is 52.3 Å². The number of piperidine rings is 1. The minimum absolute atomic E-state index is 0.777. The van der Waals surface area contributed by atoms with Gasteiger partial charge >= 0.3 is 0 Å². The summed E-state index contributed by atoms with van der Waals surface area (Å²) in [7, 11) is 0. The number of nitrogens with zero attached hydrogens (tertiary/aromatic N) is 2. The van der Waals surface area contributed by atoms with Crippen LogP contribution in [0.5, 0.6) is 5.75 Å². The number of ether oxygens (including phenoxy) is 1. The van der Waals surface area contributed by atoms with E-state index >= 15 is 0 Å². The quantitative estimate of drug-likeness (QED) is 0.832. The fourth-order valence-corrected chi connectivity index (χ4v) is 4.25. The Hall–Kier alpha value is -1.58. The van der Waals surface area contributed by atoms with E-state index in [1.165, 1.54) is 62.6 Å². The number of likely N-dealkylation sites (tertiary alicyclic amines) is 2. The predicted molar refractivity (Wildman–Crippen MR) is 99.7 cm³/mol. The van der Waals surface area contributed by atoms with Gasteiger partial charge in [-0.3, -0.25) is 9.80 Å². The Morgan fingerprint density at radius 2 is 1.75 bits per heavy atom. The van der Waals surface area contributed by atoms with Crippen molar-refractivity contribution >= 4 is 10.8 Å². The first-order chi connectivity index (χ1) is 11.9. The van der Waals surface area contributed by atoms with Crippen molar-refractivity contribution in [3.63, 3.8) is 0 Å². The monoisotopic (exact) mass is 324 g/mol. The van der Waals surface area contributed by atoms with Gasteiger partial charge in [-0.15, -0.1) is 0 Å². The molecule has 0 radical (unpaired) electrons. The van der Waals surface area contributed by atoms with E-state index in [-0.39, 0.29) is 0 Å². The molecule has 128 valence electrons. The fraction of sp³-hybridized carbons (Fsp3) is 0.524. The molecule has 2 fully saturated rings. The van der Waals surface area contributed by atoms with E-state index in [4.69, 9.17) is 4.74 Å². The van der Waals surface area contributed by atoms with Crippen LogP contribution in [-0.2, 0) is 0 Å². The predicted octanol–water partition coefficient (Wildman–Crippen LogP) is 3.78. The van der Waals surface area contributed by atoms with Crippen molar-refractivity contribution < 1.29 is 4.74 Å². The van der Waals surface area contributed by atoms with E-state index in [0.29, 0.717) is 0 Å². The van der Waals surface area contributed by atoms with Crippen molar-refractivity contribution in [2.24, 2.45) is 0 Å². The summed E-state index contributed by atoms with van der Waals surface area (Å²) in [5, 5.41) is 2.47. The summed E-state index contributed by atoms with van der Waals surface area (Å²) in [5.41, 5.74) is 0. The van der Waals surface area contributed by atoms with Gasteiger partial charge in [-0.1, -0.05) is 36.4 Å². The lowest BCUT2D eigenvalue weighted by molar-refractivity contribution is 0.103. The van der Waals surface area contributed by atoms with E-state index in [0.717, 1.165) is 24.9 Å². The molecule has 2 aliphatic heterocycles. The maximum Gasteiger partial charge on any atom is 0.127 e. The molecule has 0 aliphatic carbocycles. The Labute approximate surface area is 145 Å². The number of hydrogen-bond donors (Lipinski definition) is 0. The first-order valence-electron chi connectivity index (χ1n) is 9.47. The molecule has 0 bridgehead atoms. The van der Waals surface area contributed by atoms with Gasteiger partial charge < -0.3 is 4.74 Å². The van der Waals surface area contributed by atoms with Crippen LogP contribution in [0.4, 0.5) is 0 Å². The Morgan fingerprint density at radius 3 is 2.67 bits per heavy atom. The van der Waals surface area contributed by atoms with Crippen LogP contribution in [-0.4, -0.2) is 55.2 Å². The Balaban J connectivity index is 1.31. The third-order valence-electron chi connectivity index (χ3n) is 5.55. The maximum atomic E-state index is 6.13. The standard InChI is InChI=1S/C21H28N2O/c1-2-10-20-18(7-1)8-5-11-21(20)24-16-15-22-12-6-9-19(17-22)23-13-3-4-14-23/h1-2,5,7-8,10-11,19H,3-4,6,9,12-17H2/t19-/m0/s1. The second-order valence-corrected chi connectivity index (χ2v) is 7.17. The van der Waals surface area contributed by atoms with Gasteiger partial charge in [0.1, 0.15) is 12.4 Å². The molecule has 1 atom stereocenters. The van der Waals surface area contributed by atoms with Gasteiger partial charge in [-0.05, 0) is 56.8 Å². The number of fused-ring (bicyclic) bond motifs is 1. The van der Waals surface area contributed by atoms with Crippen molar-refractivity contribution in [3.8, 4) is 5.75 Å². The number of rotatable bonds is 5. The Kier molecular flexibility index (Phi) is 5.00. The Bertz CT molecular complexity index is 660. The smallest absolute Gasteiger partial charge is 0.127 e. The molecule has 2 aromatic carbocycles. The zero-order valence-corrected chi connectivity index (χ0v) is 14.5. The van der Waals surface area contributed by atoms with E-state index in [9.17, 15) is 0 Å². The third kappa shape index (κ3) is 3.57. The molecule has 0 spiro atoms. The van der Waals surface area contributed by atoms with Crippen molar-refractivity contribution in [1.29, 1.82) is 0 Å². The molecule has 0 N–H and O–H groups in total. The van der Waals surface area contributed by atoms with Crippen LogP contribution < -0.4 is 4.74 Å². The average Bonchev–Trinajstić information content (AvgIpc) is 3.17. The lowest BCUT2D eigenvalue weighted by atomic mass is 10.0. The molecule has 2 aliphatic rings. The van der Waals surface area contributed by atoms with Crippen LogP contribution >= 0.6 is 0 Å².